The predicted octanol–water partition coefficient (Wildman–Crippen LogP) is 3.73. The molecule has 2 aliphatic heterocycles. The van der Waals surface area contributed by atoms with E-state index >= 15 is 8.78 Å². The van der Waals surface area contributed by atoms with Crippen LogP contribution >= 0.6 is 0 Å². The van der Waals surface area contributed by atoms with Crippen LogP contribution in [0.15, 0.2) is 35.3 Å². The topological polar surface area (TPSA) is 111 Å². The average molecular weight is 566 g/mol. The Morgan fingerprint density at radius 2 is 1.90 bits per heavy atom. The maximum absolute atomic E-state index is 15.2. The van der Waals surface area contributed by atoms with E-state index in [0.29, 0.717) is 64.2 Å². The van der Waals surface area contributed by atoms with Crippen molar-refractivity contribution in [1.82, 2.24) is 24.8 Å². The molecule has 6 heterocycles. The molecule has 2 N–H and O–H groups in total. The Balaban J connectivity index is 1.16. The summed E-state index contributed by atoms with van der Waals surface area (Å²) in [7, 11) is 1.52. The van der Waals surface area contributed by atoms with Gasteiger partial charge in [0.2, 0.25) is 5.88 Å². The lowest BCUT2D eigenvalue weighted by Gasteiger charge is -2.53. The van der Waals surface area contributed by atoms with Gasteiger partial charge in [-0.1, -0.05) is 0 Å². The number of aromatic nitrogens is 4. The Labute approximate surface area is 235 Å². The van der Waals surface area contributed by atoms with E-state index < -0.39 is 11.4 Å². The number of halogens is 2. The summed E-state index contributed by atoms with van der Waals surface area (Å²) in [6.07, 6.45) is 5.41. The Hall–Kier alpha value is -3.54. The third-order valence-corrected chi connectivity index (χ3v) is 8.86. The van der Waals surface area contributed by atoms with Gasteiger partial charge >= 0.3 is 0 Å². The van der Waals surface area contributed by atoms with Gasteiger partial charge in [0.15, 0.2) is 5.82 Å². The van der Waals surface area contributed by atoms with Crippen molar-refractivity contribution in [3.8, 4) is 5.88 Å². The van der Waals surface area contributed by atoms with Crippen LogP contribution in [0.5, 0.6) is 5.88 Å². The van der Waals surface area contributed by atoms with E-state index in [4.69, 9.17) is 9.47 Å². The van der Waals surface area contributed by atoms with Crippen LogP contribution in [0.1, 0.15) is 48.9 Å². The zero-order valence-electron chi connectivity index (χ0n) is 23.2. The molecule has 9 nitrogen and oxygen atoms in total. The average Bonchev–Trinajstić information content (AvgIpc) is 3.00. The normalized spacial score (nSPS) is 22.1. The zero-order valence-corrected chi connectivity index (χ0v) is 23.2. The number of aryl methyl sites for hydroxylation is 2. The smallest absolute Gasteiger partial charge is 0.251 e. The van der Waals surface area contributed by atoms with Gasteiger partial charge in [0.05, 0.1) is 59.9 Å². The second-order valence-corrected chi connectivity index (χ2v) is 11.2. The number of rotatable bonds is 9. The molecule has 0 aromatic carbocycles. The summed E-state index contributed by atoms with van der Waals surface area (Å²) in [5, 5.41) is 13.0. The van der Waals surface area contributed by atoms with Crippen LogP contribution in [0.25, 0.3) is 22.1 Å². The minimum Gasteiger partial charge on any atom is -0.481 e. The highest BCUT2D eigenvalue weighted by Crippen LogP contribution is 2.46. The van der Waals surface area contributed by atoms with Gasteiger partial charge in [-0.3, -0.25) is 9.78 Å². The Bertz CT molecular complexity index is 1670. The van der Waals surface area contributed by atoms with E-state index in [2.05, 4.69) is 20.3 Å². The molecule has 1 aliphatic carbocycles. The monoisotopic (exact) mass is 565 g/mol. The first-order valence-electron chi connectivity index (χ1n) is 13.9. The summed E-state index contributed by atoms with van der Waals surface area (Å²) in [5.41, 5.74) is 2.26. The molecule has 2 saturated heterocycles. The van der Waals surface area contributed by atoms with E-state index in [-0.39, 0.29) is 36.6 Å². The molecule has 0 spiro atoms. The fourth-order valence-corrected chi connectivity index (χ4v) is 6.35. The number of pyridine rings is 4. The second kappa shape index (κ2) is 10.7. The van der Waals surface area contributed by atoms with Gasteiger partial charge < -0.3 is 24.5 Å². The number of nitrogens with zero attached hydrogens (tertiary/aromatic N) is 4. The van der Waals surface area contributed by atoms with Crippen LogP contribution in [0, 0.1) is 18.6 Å². The molecule has 4 aromatic rings. The Kier molecular flexibility index (Phi) is 7.21. The first-order chi connectivity index (χ1) is 19.8. The van der Waals surface area contributed by atoms with Gasteiger partial charge in [0.25, 0.3) is 5.56 Å². The van der Waals surface area contributed by atoms with Gasteiger partial charge in [-0.2, -0.15) is 0 Å². The van der Waals surface area contributed by atoms with Crippen molar-refractivity contribution < 1.29 is 23.4 Å². The van der Waals surface area contributed by atoms with Crippen LogP contribution in [0.4, 0.5) is 8.78 Å². The standard InChI is InChI=1S/C30H33F2N5O4/c1-18-26(32)23(35-21-3-5-24(40-2)36-27(18)21)16-34-29-9-11-30(12-10-29,41-17-29)8-7-19-20(31)15-33-22-4-6-25(39)37(13-14-38)28(19)22/h3-6,15,34,38H,7-14,16-17H2,1-2H3. The van der Waals surface area contributed by atoms with Crippen molar-refractivity contribution in [1.29, 1.82) is 0 Å². The van der Waals surface area contributed by atoms with Gasteiger partial charge in [0.1, 0.15) is 5.82 Å². The van der Waals surface area contributed by atoms with Crippen LogP contribution < -0.4 is 15.6 Å². The highest BCUT2D eigenvalue weighted by Gasteiger charge is 2.49. The van der Waals surface area contributed by atoms with E-state index in [9.17, 15) is 9.90 Å². The lowest BCUT2D eigenvalue weighted by Crippen LogP contribution is -2.61. The molecule has 0 radical (unpaired) electrons. The molecule has 2 bridgehead atoms. The van der Waals surface area contributed by atoms with Crippen molar-refractivity contribution in [2.75, 3.05) is 20.3 Å². The van der Waals surface area contributed by atoms with Gasteiger partial charge in [0, 0.05) is 41.9 Å². The van der Waals surface area contributed by atoms with E-state index in [1.165, 1.54) is 23.9 Å². The molecule has 0 atom stereocenters. The zero-order chi connectivity index (χ0) is 28.8. The molecule has 216 valence electrons. The van der Waals surface area contributed by atoms with E-state index in [0.717, 1.165) is 25.7 Å². The Morgan fingerprint density at radius 1 is 1.12 bits per heavy atom. The molecule has 7 rings (SSSR count). The maximum Gasteiger partial charge on any atom is 0.251 e. The fourth-order valence-electron chi connectivity index (χ4n) is 6.35. The highest BCUT2D eigenvalue weighted by atomic mass is 19.1. The van der Waals surface area contributed by atoms with Crippen LogP contribution in [0.2, 0.25) is 0 Å². The quantitative estimate of drug-likeness (QED) is 0.316. The van der Waals surface area contributed by atoms with Gasteiger partial charge in [-0.25, -0.2) is 18.7 Å². The number of ether oxygens (including phenoxy) is 2. The van der Waals surface area contributed by atoms with Gasteiger partial charge in [-0.05, 0) is 57.6 Å². The molecular formula is C30H33F2N5O4. The minimum absolute atomic E-state index is 0.0705. The van der Waals surface area contributed by atoms with E-state index in [1.54, 1.807) is 25.1 Å². The highest BCUT2D eigenvalue weighted by molar-refractivity contribution is 5.79. The van der Waals surface area contributed by atoms with E-state index in [1.807, 2.05) is 0 Å². The van der Waals surface area contributed by atoms with Crippen molar-refractivity contribution in [2.45, 2.75) is 69.7 Å². The number of hydrogen-bond acceptors (Lipinski definition) is 8. The molecular weight excluding hydrogens is 532 g/mol. The predicted molar refractivity (Wildman–Crippen MR) is 149 cm³/mol. The van der Waals surface area contributed by atoms with Gasteiger partial charge in [-0.15, -0.1) is 0 Å². The number of fused-ring (bicyclic) bond motifs is 5. The number of methoxy groups -OCH3 is 1. The van der Waals surface area contributed by atoms with Crippen molar-refractivity contribution in [3.05, 3.63) is 69.3 Å². The number of aliphatic hydroxyl groups is 1. The summed E-state index contributed by atoms with van der Waals surface area (Å²) in [5.74, 6) is -0.436. The molecule has 41 heavy (non-hydrogen) atoms. The van der Waals surface area contributed by atoms with Crippen molar-refractivity contribution in [2.24, 2.45) is 0 Å². The second-order valence-electron chi connectivity index (χ2n) is 11.2. The lowest BCUT2D eigenvalue weighted by atomic mass is 9.69. The van der Waals surface area contributed by atoms with Crippen LogP contribution in [0.3, 0.4) is 0 Å². The first kappa shape index (κ1) is 27.6. The molecule has 3 fully saturated rings. The molecule has 0 amide bonds. The van der Waals surface area contributed by atoms with Crippen molar-refractivity contribution in [3.63, 3.8) is 0 Å². The third kappa shape index (κ3) is 4.96. The van der Waals surface area contributed by atoms with Crippen LogP contribution in [-0.4, -0.2) is 56.1 Å². The largest absolute Gasteiger partial charge is 0.481 e. The Morgan fingerprint density at radius 3 is 2.61 bits per heavy atom. The number of aliphatic hydroxyl groups excluding tert-OH is 1. The lowest BCUT2D eigenvalue weighted by molar-refractivity contribution is -0.165. The number of hydrogen-bond donors (Lipinski definition) is 2. The summed E-state index contributed by atoms with van der Waals surface area (Å²) in [6.45, 7) is 2.27. The first-order valence-corrected chi connectivity index (χ1v) is 13.9. The molecule has 11 heteroatoms. The SMILES string of the molecule is COc1ccc2nc(CNC34CCC(CCc5c(F)cnc6ccc(=O)n(CCO)c56)(CC3)OC4)c(F)c(C)c2n1. The molecule has 3 aliphatic rings. The molecule has 4 aromatic heterocycles. The third-order valence-electron chi connectivity index (χ3n) is 8.86. The fraction of sp³-hybridized carbons (Fsp3) is 0.467. The number of nitrogens with one attached hydrogen (secondary N) is 1. The summed E-state index contributed by atoms with van der Waals surface area (Å²) < 4.78 is 43.3. The maximum atomic E-state index is 15.2. The van der Waals surface area contributed by atoms with Crippen molar-refractivity contribution >= 4 is 22.1 Å². The summed E-state index contributed by atoms with van der Waals surface area (Å²) >= 11 is 0. The van der Waals surface area contributed by atoms with Crippen LogP contribution in [-0.2, 0) is 24.2 Å². The summed E-state index contributed by atoms with van der Waals surface area (Å²) in [6, 6.07) is 6.47. The minimum atomic E-state index is -0.470. The molecule has 1 saturated carbocycles. The summed E-state index contributed by atoms with van der Waals surface area (Å²) in [4.78, 5) is 25.5. The molecule has 0 unspecified atom stereocenters.